The van der Waals surface area contributed by atoms with Gasteiger partial charge in [-0.2, -0.15) is 0 Å². The van der Waals surface area contributed by atoms with Crippen molar-refractivity contribution in [3.05, 3.63) is 17.6 Å². The highest BCUT2D eigenvalue weighted by Crippen LogP contribution is 2.27. The third-order valence-corrected chi connectivity index (χ3v) is 3.63. The van der Waals surface area contributed by atoms with Gasteiger partial charge in [0, 0.05) is 37.9 Å². The Kier molecular flexibility index (Phi) is 5.65. The molecule has 0 radical (unpaired) electrons. The monoisotopic (exact) mass is 311 g/mol. The number of hydrogen-bond acceptors (Lipinski definition) is 6. The summed E-state index contributed by atoms with van der Waals surface area (Å²) in [7, 11) is 1.59. The number of rotatable bonds is 6. The maximum absolute atomic E-state index is 14.1. The Morgan fingerprint density at radius 3 is 3.00 bits per heavy atom. The SMILES string of the molecule is CCOC(=O)[C@@H](F)[C@H]1CCN(c2cc(C)nc(COC)n2)C1. The molecule has 1 aromatic heterocycles. The van der Waals surface area contributed by atoms with E-state index in [4.69, 9.17) is 9.47 Å². The molecule has 122 valence electrons. The van der Waals surface area contributed by atoms with Crippen LogP contribution in [0.3, 0.4) is 0 Å². The number of ether oxygens (including phenoxy) is 2. The molecule has 1 aromatic rings. The van der Waals surface area contributed by atoms with Crippen LogP contribution in [-0.2, 0) is 20.9 Å². The van der Waals surface area contributed by atoms with Gasteiger partial charge in [0.25, 0.3) is 0 Å². The average molecular weight is 311 g/mol. The summed E-state index contributed by atoms with van der Waals surface area (Å²) in [5, 5.41) is 0. The van der Waals surface area contributed by atoms with Gasteiger partial charge in [-0.15, -0.1) is 0 Å². The van der Waals surface area contributed by atoms with Crippen molar-refractivity contribution < 1.29 is 18.7 Å². The molecule has 0 amide bonds. The maximum atomic E-state index is 14.1. The van der Waals surface area contributed by atoms with Crippen molar-refractivity contribution in [1.29, 1.82) is 0 Å². The van der Waals surface area contributed by atoms with Crippen LogP contribution in [0.4, 0.5) is 10.2 Å². The minimum atomic E-state index is -1.58. The molecular formula is C15H22FN3O3. The zero-order chi connectivity index (χ0) is 16.1. The van der Waals surface area contributed by atoms with E-state index in [1.54, 1.807) is 14.0 Å². The van der Waals surface area contributed by atoms with Gasteiger partial charge < -0.3 is 14.4 Å². The molecule has 2 atom stereocenters. The van der Waals surface area contributed by atoms with E-state index in [1.807, 2.05) is 17.9 Å². The quantitative estimate of drug-likeness (QED) is 0.745. The Morgan fingerprint density at radius 1 is 1.55 bits per heavy atom. The lowest BCUT2D eigenvalue weighted by molar-refractivity contribution is -0.150. The third kappa shape index (κ3) is 3.91. The van der Waals surface area contributed by atoms with Crippen LogP contribution in [0.1, 0.15) is 24.9 Å². The van der Waals surface area contributed by atoms with Gasteiger partial charge in [0.2, 0.25) is 6.17 Å². The molecule has 0 N–H and O–H groups in total. The molecule has 0 unspecified atom stereocenters. The predicted octanol–water partition coefficient (Wildman–Crippen LogP) is 1.66. The number of anilines is 1. The van der Waals surface area contributed by atoms with E-state index in [0.717, 1.165) is 11.5 Å². The van der Waals surface area contributed by atoms with Crippen molar-refractivity contribution in [2.45, 2.75) is 33.0 Å². The lowest BCUT2D eigenvalue weighted by Crippen LogP contribution is -2.30. The number of hydrogen-bond donors (Lipinski definition) is 0. The Labute approximate surface area is 129 Å². The van der Waals surface area contributed by atoms with Gasteiger partial charge >= 0.3 is 5.97 Å². The van der Waals surface area contributed by atoms with Gasteiger partial charge in [0.1, 0.15) is 12.4 Å². The van der Waals surface area contributed by atoms with Gasteiger partial charge in [-0.3, -0.25) is 0 Å². The number of esters is 1. The van der Waals surface area contributed by atoms with E-state index in [2.05, 4.69) is 9.97 Å². The predicted molar refractivity (Wildman–Crippen MR) is 79.3 cm³/mol. The van der Waals surface area contributed by atoms with E-state index in [0.29, 0.717) is 31.9 Å². The van der Waals surface area contributed by atoms with Crippen LogP contribution in [0, 0.1) is 12.8 Å². The van der Waals surface area contributed by atoms with E-state index in [1.165, 1.54) is 0 Å². The summed E-state index contributed by atoms with van der Waals surface area (Å²) in [5.41, 5.74) is 0.836. The Bertz CT molecular complexity index is 527. The molecule has 2 rings (SSSR count). The second kappa shape index (κ2) is 7.49. The molecular weight excluding hydrogens is 289 g/mol. The lowest BCUT2D eigenvalue weighted by atomic mass is 10.0. The van der Waals surface area contributed by atoms with Crippen molar-refractivity contribution in [2.24, 2.45) is 5.92 Å². The standard InChI is InChI=1S/C15H22FN3O3/c1-4-22-15(20)14(16)11-5-6-19(8-11)13-7-10(2)17-12(18-13)9-21-3/h7,11,14H,4-6,8-9H2,1-3H3/t11-,14-/m0/s1. The molecule has 22 heavy (non-hydrogen) atoms. The fourth-order valence-electron chi connectivity index (χ4n) is 2.62. The highest BCUT2D eigenvalue weighted by molar-refractivity contribution is 5.75. The zero-order valence-corrected chi connectivity index (χ0v) is 13.2. The number of aromatic nitrogens is 2. The lowest BCUT2D eigenvalue weighted by Gasteiger charge is -2.19. The molecule has 6 nitrogen and oxygen atoms in total. The number of methoxy groups -OCH3 is 1. The summed E-state index contributed by atoms with van der Waals surface area (Å²) in [6.07, 6.45) is -0.978. The average Bonchev–Trinajstić information content (AvgIpc) is 2.96. The first kappa shape index (κ1) is 16.6. The van der Waals surface area contributed by atoms with Crippen LogP contribution in [0.15, 0.2) is 6.07 Å². The van der Waals surface area contributed by atoms with Gasteiger partial charge in [-0.05, 0) is 20.3 Å². The Balaban J connectivity index is 2.05. The summed E-state index contributed by atoms with van der Waals surface area (Å²) in [5.74, 6) is 0.217. The zero-order valence-electron chi connectivity index (χ0n) is 13.2. The first-order chi connectivity index (χ1) is 10.5. The molecule has 0 saturated carbocycles. The van der Waals surface area contributed by atoms with Crippen LogP contribution in [0.2, 0.25) is 0 Å². The first-order valence-corrected chi connectivity index (χ1v) is 7.44. The summed E-state index contributed by atoms with van der Waals surface area (Å²) in [4.78, 5) is 22.2. The second-order valence-electron chi connectivity index (χ2n) is 5.37. The minimum Gasteiger partial charge on any atom is -0.464 e. The molecule has 1 saturated heterocycles. The fraction of sp³-hybridized carbons (Fsp3) is 0.667. The Morgan fingerprint density at radius 2 is 2.32 bits per heavy atom. The van der Waals surface area contributed by atoms with E-state index >= 15 is 0 Å². The number of aryl methyl sites for hydroxylation is 1. The molecule has 1 fully saturated rings. The van der Waals surface area contributed by atoms with E-state index in [9.17, 15) is 9.18 Å². The van der Waals surface area contributed by atoms with E-state index < -0.39 is 12.1 Å². The number of halogens is 1. The molecule has 0 aromatic carbocycles. The highest BCUT2D eigenvalue weighted by atomic mass is 19.1. The van der Waals surface area contributed by atoms with Crippen LogP contribution >= 0.6 is 0 Å². The number of carbonyl (C=O) groups excluding carboxylic acids is 1. The Hall–Kier alpha value is -1.76. The number of carbonyl (C=O) groups is 1. The van der Waals surface area contributed by atoms with Crippen molar-refractivity contribution in [2.75, 3.05) is 31.7 Å². The van der Waals surface area contributed by atoms with Gasteiger partial charge in [-0.25, -0.2) is 19.2 Å². The van der Waals surface area contributed by atoms with Crippen molar-refractivity contribution in [3.8, 4) is 0 Å². The summed E-state index contributed by atoms with van der Waals surface area (Å²) in [6, 6.07) is 1.86. The molecule has 2 heterocycles. The molecule has 1 aliphatic rings. The van der Waals surface area contributed by atoms with Crippen molar-refractivity contribution in [3.63, 3.8) is 0 Å². The first-order valence-electron chi connectivity index (χ1n) is 7.44. The third-order valence-electron chi connectivity index (χ3n) is 3.63. The van der Waals surface area contributed by atoms with Gasteiger partial charge in [-0.1, -0.05) is 0 Å². The minimum absolute atomic E-state index is 0.196. The number of alkyl halides is 1. The molecule has 7 heteroatoms. The van der Waals surface area contributed by atoms with Crippen LogP contribution in [0.25, 0.3) is 0 Å². The fourth-order valence-corrected chi connectivity index (χ4v) is 2.62. The summed E-state index contributed by atoms with van der Waals surface area (Å²) in [6.45, 7) is 5.19. The van der Waals surface area contributed by atoms with Crippen molar-refractivity contribution >= 4 is 11.8 Å². The van der Waals surface area contributed by atoms with Crippen LogP contribution < -0.4 is 4.90 Å². The molecule has 0 bridgehead atoms. The molecule has 0 spiro atoms. The largest absolute Gasteiger partial charge is 0.464 e. The normalized spacial score (nSPS) is 19.3. The second-order valence-corrected chi connectivity index (χ2v) is 5.37. The summed E-state index contributed by atoms with van der Waals surface area (Å²) < 4.78 is 23.9. The van der Waals surface area contributed by atoms with Crippen LogP contribution in [-0.4, -0.2) is 48.9 Å². The topological polar surface area (TPSA) is 64.5 Å². The van der Waals surface area contributed by atoms with Gasteiger partial charge in [0.05, 0.1) is 6.61 Å². The number of nitrogens with zero attached hydrogens (tertiary/aromatic N) is 3. The van der Waals surface area contributed by atoms with Crippen LogP contribution in [0.5, 0.6) is 0 Å². The highest BCUT2D eigenvalue weighted by Gasteiger charge is 2.35. The summed E-state index contributed by atoms with van der Waals surface area (Å²) >= 11 is 0. The van der Waals surface area contributed by atoms with Crippen molar-refractivity contribution in [1.82, 2.24) is 9.97 Å². The molecule has 1 aliphatic heterocycles. The maximum Gasteiger partial charge on any atom is 0.341 e. The van der Waals surface area contributed by atoms with Gasteiger partial charge in [0.15, 0.2) is 5.82 Å². The smallest absolute Gasteiger partial charge is 0.341 e. The molecule has 0 aliphatic carbocycles. The van der Waals surface area contributed by atoms with E-state index in [-0.39, 0.29) is 12.5 Å².